The Bertz CT molecular complexity index is 1550. The van der Waals surface area contributed by atoms with Crippen LogP contribution in [0.1, 0.15) is 32.6 Å². The molecule has 0 fully saturated rings. The number of aliphatic hydroxyl groups excluding tert-OH is 1. The van der Waals surface area contributed by atoms with Gasteiger partial charge in [-0.25, -0.2) is 4.79 Å². The molecule has 8 heteroatoms. The molecule has 0 spiro atoms. The van der Waals surface area contributed by atoms with Crippen molar-refractivity contribution in [3.8, 4) is 28.7 Å². The number of benzene rings is 4. The Morgan fingerprint density at radius 2 is 1.65 bits per heavy atom. The molecule has 0 unspecified atom stereocenters. The van der Waals surface area contributed by atoms with Crippen LogP contribution >= 0.6 is 0 Å². The summed E-state index contributed by atoms with van der Waals surface area (Å²) in [6.45, 7) is 1.31. The van der Waals surface area contributed by atoms with Crippen molar-refractivity contribution in [2.75, 3.05) is 6.61 Å². The predicted molar refractivity (Wildman–Crippen MR) is 148 cm³/mol. The number of nitrogens with zero attached hydrogens (tertiary/aromatic N) is 1. The maximum atomic E-state index is 13.3. The van der Waals surface area contributed by atoms with Gasteiger partial charge in [-0.3, -0.25) is 4.79 Å². The van der Waals surface area contributed by atoms with Crippen LogP contribution in [0.5, 0.6) is 11.5 Å². The van der Waals surface area contributed by atoms with Crippen LogP contribution in [0.3, 0.4) is 0 Å². The average Bonchev–Trinajstić information content (AvgIpc) is 2.99. The van der Waals surface area contributed by atoms with Crippen molar-refractivity contribution in [3.05, 3.63) is 119 Å². The number of hydrogen-bond acceptors (Lipinski definition) is 8. The zero-order valence-electron chi connectivity index (χ0n) is 21.9. The first-order chi connectivity index (χ1) is 19.4. The summed E-state index contributed by atoms with van der Waals surface area (Å²) < 4.78 is 17.0. The molecule has 0 heterocycles. The molecule has 0 radical (unpaired) electrons. The summed E-state index contributed by atoms with van der Waals surface area (Å²) in [6, 6.07) is 27.9. The highest BCUT2D eigenvalue weighted by Gasteiger charge is 2.19. The fraction of sp³-hybridized carbons (Fsp3) is 0.156. The highest BCUT2D eigenvalue weighted by Crippen LogP contribution is 2.32. The second kappa shape index (κ2) is 13.2. The molecule has 8 nitrogen and oxygen atoms in total. The Labute approximate surface area is 232 Å². The molecule has 40 heavy (non-hydrogen) atoms. The monoisotopic (exact) mass is 536 g/mol. The van der Waals surface area contributed by atoms with Gasteiger partial charge in [0, 0.05) is 0 Å². The molecule has 0 bridgehead atoms. The zero-order valence-corrected chi connectivity index (χ0v) is 21.9. The van der Waals surface area contributed by atoms with Crippen molar-refractivity contribution in [1.82, 2.24) is 0 Å². The van der Waals surface area contributed by atoms with Gasteiger partial charge in [0.1, 0.15) is 19.3 Å². The van der Waals surface area contributed by atoms with E-state index in [2.05, 4.69) is 6.07 Å². The molecule has 0 aliphatic heterocycles. The second-order valence-corrected chi connectivity index (χ2v) is 9.01. The second-order valence-electron chi connectivity index (χ2n) is 9.01. The lowest BCUT2D eigenvalue weighted by atomic mass is 9.96. The molecule has 3 N–H and O–H groups in total. The summed E-state index contributed by atoms with van der Waals surface area (Å²) in [5, 5.41) is 18.3. The Balaban J connectivity index is 1.59. The fourth-order valence-corrected chi connectivity index (χ4v) is 4.01. The molecule has 0 aliphatic rings. The molecular formula is C32H28N2O6. The Kier molecular flexibility index (Phi) is 9.26. The van der Waals surface area contributed by atoms with E-state index in [-0.39, 0.29) is 24.7 Å². The van der Waals surface area contributed by atoms with E-state index in [1.54, 1.807) is 48.5 Å². The van der Waals surface area contributed by atoms with Gasteiger partial charge in [-0.1, -0.05) is 60.7 Å². The van der Waals surface area contributed by atoms with Gasteiger partial charge >= 0.3 is 11.9 Å². The molecular weight excluding hydrogens is 508 g/mol. The summed E-state index contributed by atoms with van der Waals surface area (Å²) in [6.07, 6.45) is 0. The first-order valence-corrected chi connectivity index (χ1v) is 12.5. The summed E-state index contributed by atoms with van der Waals surface area (Å²) in [7, 11) is 0. The van der Waals surface area contributed by atoms with Gasteiger partial charge < -0.3 is 25.1 Å². The van der Waals surface area contributed by atoms with E-state index < -0.39 is 24.6 Å². The fourth-order valence-electron chi connectivity index (χ4n) is 4.01. The maximum Gasteiger partial charge on any atom is 0.343 e. The predicted octanol–water partition coefficient (Wildman–Crippen LogP) is 4.69. The van der Waals surface area contributed by atoms with Gasteiger partial charge in [-0.05, 0) is 65.1 Å². The van der Waals surface area contributed by atoms with Gasteiger partial charge in [-0.15, -0.1) is 0 Å². The first kappa shape index (κ1) is 28.0. The van der Waals surface area contributed by atoms with Crippen molar-refractivity contribution in [3.63, 3.8) is 0 Å². The van der Waals surface area contributed by atoms with Crippen LogP contribution in [0.25, 0.3) is 11.1 Å². The van der Waals surface area contributed by atoms with E-state index in [1.807, 2.05) is 49.4 Å². The van der Waals surface area contributed by atoms with Crippen molar-refractivity contribution in [1.29, 1.82) is 5.26 Å². The molecule has 4 aromatic carbocycles. The van der Waals surface area contributed by atoms with Crippen LogP contribution in [0.15, 0.2) is 91.0 Å². The summed E-state index contributed by atoms with van der Waals surface area (Å²) in [5.41, 5.74) is 10.4. The summed E-state index contributed by atoms with van der Waals surface area (Å²) in [4.78, 5) is 25.2. The SMILES string of the molecule is Cc1c(C(=O)Oc2ccc(COC(=O)[C@@H](N)CO)cc2OCc2cccc(C#N)c2)cccc1-c1ccccc1. The van der Waals surface area contributed by atoms with E-state index >= 15 is 0 Å². The first-order valence-electron chi connectivity index (χ1n) is 12.5. The van der Waals surface area contributed by atoms with Crippen LogP contribution in [0.2, 0.25) is 0 Å². The standard InChI is InChI=1S/C32H28N2O6/c1-21-26(25-9-3-2-4-10-25)11-6-12-27(21)31(36)40-29-14-13-24(20-39-32(37)28(34)18-35)16-30(29)38-19-23-8-5-7-22(15-23)17-33/h2-16,28,35H,18-20,34H2,1H3/t28-/m0/s1. The molecule has 0 saturated heterocycles. The number of carbonyl (C=O) groups excluding carboxylic acids is 2. The average molecular weight is 537 g/mol. The van der Waals surface area contributed by atoms with Crippen LogP contribution < -0.4 is 15.2 Å². The number of carbonyl (C=O) groups is 2. The zero-order chi connectivity index (χ0) is 28.5. The molecule has 4 rings (SSSR count). The molecule has 0 saturated carbocycles. The van der Waals surface area contributed by atoms with Gasteiger partial charge in [0.05, 0.1) is 23.8 Å². The Morgan fingerprint density at radius 1 is 0.900 bits per heavy atom. The van der Waals surface area contributed by atoms with E-state index in [0.29, 0.717) is 16.7 Å². The van der Waals surface area contributed by atoms with Crippen molar-refractivity contribution in [2.24, 2.45) is 5.73 Å². The summed E-state index contributed by atoms with van der Waals surface area (Å²) in [5.74, 6) is -0.886. The van der Waals surface area contributed by atoms with Gasteiger partial charge in [0.2, 0.25) is 0 Å². The van der Waals surface area contributed by atoms with E-state index in [0.717, 1.165) is 22.3 Å². The summed E-state index contributed by atoms with van der Waals surface area (Å²) >= 11 is 0. The molecule has 0 amide bonds. The minimum Gasteiger partial charge on any atom is -0.485 e. The van der Waals surface area contributed by atoms with E-state index in [4.69, 9.17) is 25.1 Å². The number of nitrogens with two attached hydrogens (primary N) is 1. The molecule has 1 atom stereocenters. The smallest absolute Gasteiger partial charge is 0.343 e. The van der Waals surface area contributed by atoms with Crippen LogP contribution in [-0.2, 0) is 22.7 Å². The van der Waals surface area contributed by atoms with Crippen LogP contribution in [0, 0.1) is 18.3 Å². The quantitative estimate of drug-likeness (QED) is 0.220. The maximum absolute atomic E-state index is 13.3. The number of hydrogen-bond donors (Lipinski definition) is 2. The van der Waals surface area contributed by atoms with Gasteiger partial charge in [-0.2, -0.15) is 5.26 Å². The van der Waals surface area contributed by atoms with Crippen LogP contribution in [-0.4, -0.2) is 29.7 Å². The molecule has 4 aromatic rings. The molecule has 0 aromatic heterocycles. The highest BCUT2D eigenvalue weighted by molar-refractivity contribution is 5.95. The van der Waals surface area contributed by atoms with Gasteiger partial charge in [0.15, 0.2) is 11.5 Å². The lowest BCUT2D eigenvalue weighted by Crippen LogP contribution is -2.35. The number of nitriles is 1. The third-order valence-electron chi connectivity index (χ3n) is 6.18. The third-order valence-corrected chi connectivity index (χ3v) is 6.18. The number of rotatable bonds is 10. The Hall–Kier alpha value is -4.97. The van der Waals surface area contributed by atoms with Crippen molar-refractivity contribution in [2.45, 2.75) is 26.2 Å². The minimum absolute atomic E-state index is 0.0984. The number of esters is 2. The number of aliphatic hydroxyl groups is 1. The normalized spacial score (nSPS) is 11.2. The third kappa shape index (κ3) is 6.91. The van der Waals surface area contributed by atoms with Gasteiger partial charge in [0.25, 0.3) is 0 Å². The largest absolute Gasteiger partial charge is 0.485 e. The lowest BCUT2D eigenvalue weighted by molar-refractivity contribution is -0.147. The van der Waals surface area contributed by atoms with Crippen molar-refractivity contribution < 1.29 is 28.9 Å². The van der Waals surface area contributed by atoms with E-state index in [1.165, 1.54) is 0 Å². The van der Waals surface area contributed by atoms with Crippen molar-refractivity contribution >= 4 is 11.9 Å². The Morgan fingerprint density at radius 3 is 2.40 bits per heavy atom. The molecule has 202 valence electrons. The molecule has 0 aliphatic carbocycles. The number of ether oxygens (including phenoxy) is 3. The lowest BCUT2D eigenvalue weighted by Gasteiger charge is -2.16. The van der Waals surface area contributed by atoms with Crippen LogP contribution in [0.4, 0.5) is 0 Å². The minimum atomic E-state index is -1.14. The highest BCUT2D eigenvalue weighted by atomic mass is 16.6. The topological polar surface area (TPSA) is 132 Å². The van der Waals surface area contributed by atoms with E-state index in [9.17, 15) is 14.9 Å².